The maximum Gasteiger partial charge on any atom is 0.145 e. The molecule has 0 saturated heterocycles. The minimum Gasteiger partial charge on any atom is -0.383 e. The predicted molar refractivity (Wildman–Crippen MR) is 115 cm³/mol. The molecule has 1 aromatic carbocycles. The molecule has 1 atom stereocenters. The van der Waals surface area contributed by atoms with E-state index in [-0.39, 0.29) is 0 Å². The first-order valence-corrected chi connectivity index (χ1v) is 10.9. The van der Waals surface area contributed by atoms with E-state index in [9.17, 15) is 0 Å². The first-order valence-electron chi connectivity index (χ1n) is 10.1. The molecule has 3 aromatic heterocycles. The summed E-state index contributed by atoms with van der Waals surface area (Å²) in [6.07, 6.45) is 10.0. The number of aromatic nitrogens is 4. The van der Waals surface area contributed by atoms with Gasteiger partial charge in [-0.1, -0.05) is 6.07 Å². The third-order valence-corrected chi connectivity index (χ3v) is 7.07. The van der Waals surface area contributed by atoms with Gasteiger partial charge in [-0.25, -0.2) is 15.0 Å². The molecule has 28 heavy (non-hydrogen) atoms. The zero-order valence-corrected chi connectivity index (χ0v) is 16.9. The van der Waals surface area contributed by atoms with Gasteiger partial charge in [-0.05, 0) is 74.6 Å². The highest BCUT2D eigenvalue weighted by Gasteiger charge is 2.29. The first kappa shape index (κ1) is 17.6. The smallest absolute Gasteiger partial charge is 0.145 e. The molecule has 0 bridgehead atoms. The molecule has 0 aliphatic heterocycles. The molecule has 2 N–H and O–H groups in total. The highest BCUT2D eigenvalue weighted by atomic mass is 32.1. The number of hydrogen-bond acceptors (Lipinski definition) is 5. The van der Waals surface area contributed by atoms with E-state index in [0.29, 0.717) is 11.9 Å². The molecule has 0 amide bonds. The average molecular weight is 392 g/mol. The van der Waals surface area contributed by atoms with Crippen LogP contribution >= 0.6 is 11.3 Å². The van der Waals surface area contributed by atoms with Crippen molar-refractivity contribution in [1.82, 2.24) is 19.5 Å². The summed E-state index contributed by atoms with van der Waals surface area (Å²) in [5.74, 6) is 2.25. The molecule has 3 heterocycles. The number of thiazole rings is 1. The summed E-state index contributed by atoms with van der Waals surface area (Å²) in [5, 5.41) is 0.954. The van der Waals surface area contributed by atoms with Crippen LogP contribution < -0.4 is 5.73 Å². The second-order valence-corrected chi connectivity index (χ2v) is 9.09. The molecule has 0 radical (unpaired) electrons. The Morgan fingerprint density at radius 3 is 2.96 bits per heavy atom. The lowest BCUT2D eigenvalue weighted by atomic mass is 9.70. The highest BCUT2D eigenvalue weighted by Crippen LogP contribution is 2.40. The van der Waals surface area contributed by atoms with Crippen molar-refractivity contribution < 1.29 is 0 Å². The van der Waals surface area contributed by atoms with E-state index in [1.165, 1.54) is 42.4 Å². The van der Waals surface area contributed by atoms with Crippen molar-refractivity contribution in [3.05, 3.63) is 47.9 Å². The van der Waals surface area contributed by atoms with Gasteiger partial charge in [0.2, 0.25) is 0 Å². The quantitative estimate of drug-likeness (QED) is 0.488. The minimum absolute atomic E-state index is 0.429. The monoisotopic (exact) mass is 391 g/mol. The molecule has 1 aliphatic carbocycles. The number of anilines is 1. The van der Waals surface area contributed by atoms with Gasteiger partial charge >= 0.3 is 0 Å². The van der Waals surface area contributed by atoms with Gasteiger partial charge in [0.1, 0.15) is 17.8 Å². The lowest BCUT2D eigenvalue weighted by molar-refractivity contribution is 0.172. The molecule has 5 nitrogen and oxygen atoms in total. The molecule has 0 spiro atoms. The first-order chi connectivity index (χ1) is 13.7. The fraction of sp³-hybridized carbons (Fsp3) is 0.409. The third-order valence-electron chi connectivity index (χ3n) is 6.26. The minimum atomic E-state index is 0.429. The second kappa shape index (κ2) is 7.17. The van der Waals surface area contributed by atoms with Crippen molar-refractivity contribution in [3.63, 3.8) is 0 Å². The van der Waals surface area contributed by atoms with Gasteiger partial charge in [-0.3, -0.25) is 0 Å². The molecular weight excluding hydrogens is 366 g/mol. The fourth-order valence-corrected chi connectivity index (χ4v) is 5.26. The van der Waals surface area contributed by atoms with Crippen LogP contribution in [0.1, 0.15) is 44.2 Å². The molecule has 144 valence electrons. The average Bonchev–Trinajstić information content (AvgIpc) is 3.30. The van der Waals surface area contributed by atoms with Crippen LogP contribution in [0.15, 0.2) is 42.3 Å². The van der Waals surface area contributed by atoms with Crippen LogP contribution in [-0.2, 0) is 6.42 Å². The van der Waals surface area contributed by atoms with Crippen LogP contribution in [0.5, 0.6) is 0 Å². The van der Waals surface area contributed by atoms with Crippen molar-refractivity contribution in [3.8, 4) is 0 Å². The summed E-state index contributed by atoms with van der Waals surface area (Å²) in [5.41, 5.74) is 11.4. The van der Waals surface area contributed by atoms with Gasteiger partial charge in [-0.2, -0.15) is 0 Å². The second-order valence-electron chi connectivity index (χ2n) is 8.21. The molecule has 1 saturated carbocycles. The summed E-state index contributed by atoms with van der Waals surface area (Å²) in [7, 11) is 0. The Labute approximate surface area is 168 Å². The standard InChI is InChI=1S/C22H25N5S/c1-14(27-7-6-18-21(23)24-12-25-22(18)27)2-3-15-8-17(9-15)10-16-4-5-20-19(11-16)26-13-28-20/h4-7,11-15,17H,2-3,8-10H2,1H3,(H2,23,24,25). The van der Waals surface area contributed by atoms with E-state index in [0.717, 1.165) is 28.4 Å². The van der Waals surface area contributed by atoms with Crippen molar-refractivity contribution in [2.75, 3.05) is 5.73 Å². The lowest BCUT2D eigenvalue weighted by Gasteiger charge is -2.36. The Morgan fingerprint density at radius 1 is 1.18 bits per heavy atom. The molecule has 4 aromatic rings. The summed E-state index contributed by atoms with van der Waals surface area (Å²) in [6, 6.07) is 9.22. The predicted octanol–water partition coefficient (Wildman–Crippen LogP) is 5.23. The number of nitrogen functional groups attached to an aromatic ring is 1. The molecule has 6 heteroatoms. The Balaban J connectivity index is 1.14. The highest BCUT2D eigenvalue weighted by molar-refractivity contribution is 7.16. The molecule has 1 fully saturated rings. The third kappa shape index (κ3) is 3.26. The fourth-order valence-electron chi connectivity index (χ4n) is 4.60. The summed E-state index contributed by atoms with van der Waals surface area (Å²) in [6.45, 7) is 2.27. The zero-order valence-electron chi connectivity index (χ0n) is 16.1. The molecular formula is C22H25N5S. The van der Waals surface area contributed by atoms with Crippen LogP contribution in [0.4, 0.5) is 5.82 Å². The van der Waals surface area contributed by atoms with E-state index < -0.39 is 0 Å². The van der Waals surface area contributed by atoms with Crippen LogP contribution in [0.25, 0.3) is 21.3 Å². The topological polar surface area (TPSA) is 69.6 Å². The largest absolute Gasteiger partial charge is 0.383 e. The number of benzene rings is 1. The van der Waals surface area contributed by atoms with Crippen LogP contribution in [-0.4, -0.2) is 19.5 Å². The van der Waals surface area contributed by atoms with E-state index in [2.05, 4.69) is 50.8 Å². The van der Waals surface area contributed by atoms with Gasteiger partial charge in [-0.15, -0.1) is 11.3 Å². The Bertz CT molecular complexity index is 1110. The van der Waals surface area contributed by atoms with Gasteiger partial charge in [0, 0.05) is 12.2 Å². The molecule has 1 unspecified atom stereocenters. The van der Waals surface area contributed by atoms with Crippen molar-refractivity contribution in [2.45, 2.75) is 45.1 Å². The number of nitrogens with zero attached hydrogens (tertiary/aromatic N) is 4. The number of nitrogens with two attached hydrogens (primary N) is 1. The van der Waals surface area contributed by atoms with E-state index >= 15 is 0 Å². The van der Waals surface area contributed by atoms with E-state index in [4.69, 9.17) is 5.73 Å². The number of hydrogen-bond donors (Lipinski definition) is 1. The number of rotatable bonds is 6. The Morgan fingerprint density at radius 2 is 2.07 bits per heavy atom. The SMILES string of the molecule is CC(CCC1CC(Cc2ccc3scnc3c2)C1)n1ccc2c(N)ncnc21. The maximum absolute atomic E-state index is 5.96. The van der Waals surface area contributed by atoms with Crippen molar-refractivity contribution in [1.29, 1.82) is 0 Å². The van der Waals surface area contributed by atoms with Gasteiger partial charge in [0.25, 0.3) is 0 Å². The summed E-state index contributed by atoms with van der Waals surface area (Å²) >= 11 is 1.72. The van der Waals surface area contributed by atoms with Crippen LogP contribution in [0.3, 0.4) is 0 Å². The van der Waals surface area contributed by atoms with Gasteiger partial charge in [0.05, 0.1) is 21.1 Å². The summed E-state index contributed by atoms with van der Waals surface area (Å²) in [4.78, 5) is 13.0. The Hall–Kier alpha value is -2.47. The number of fused-ring (bicyclic) bond motifs is 2. The van der Waals surface area contributed by atoms with Crippen molar-refractivity contribution >= 4 is 38.4 Å². The van der Waals surface area contributed by atoms with Gasteiger partial charge in [0.15, 0.2) is 0 Å². The Kier molecular flexibility index (Phi) is 4.51. The normalized spacial score (nSPS) is 20.5. The van der Waals surface area contributed by atoms with E-state index in [1.807, 2.05) is 11.6 Å². The zero-order chi connectivity index (χ0) is 19.1. The van der Waals surface area contributed by atoms with Crippen LogP contribution in [0, 0.1) is 11.8 Å². The van der Waals surface area contributed by atoms with Crippen molar-refractivity contribution in [2.24, 2.45) is 11.8 Å². The maximum atomic E-state index is 5.96. The van der Waals surface area contributed by atoms with Crippen LogP contribution in [0.2, 0.25) is 0 Å². The summed E-state index contributed by atoms with van der Waals surface area (Å²) < 4.78 is 3.53. The van der Waals surface area contributed by atoms with Gasteiger partial charge < -0.3 is 10.3 Å². The molecule has 1 aliphatic rings. The van der Waals surface area contributed by atoms with E-state index in [1.54, 1.807) is 17.7 Å². The molecule has 5 rings (SSSR count). The lowest BCUT2D eigenvalue weighted by Crippen LogP contribution is -2.26.